The van der Waals surface area contributed by atoms with Crippen LogP contribution in [0.25, 0.3) is 6.08 Å². The summed E-state index contributed by atoms with van der Waals surface area (Å²) in [4.78, 5) is 46.8. The van der Waals surface area contributed by atoms with E-state index >= 15 is 0 Å². The van der Waals surface area contributed by atoms with Crippen LogP contribution in [0.3, 0.4) is 0 Å². The van der Waals surface area contributed by atoms with Gasteiger partial charge in [-0.3, -0.25) is 19.7 Å². The van der Waals surface area contributed by atoms with Crippen LogP contribution in [-0.4, -0.2) is 22.7 Å². The molecule has 0 aliphatic heterocycles. The second-order valence-corrected chi connectivity index (χ2v) is 7.07. The predicted octanol–water partition coefficient (Wildman–Crippen LogP) is 2.72. The Bertz CT molecular complexity index is 1250. The smallest absolute Gasteiger partial charge is 0.291 e. The highest BCUT2D eigenvalue weighted by molar-refractivity contribution is 9.10. The van der Waals surface area contributed by atoms with E-state index in [4.69, 9.17) is 4.42 Å². The molecule has 2 N–H and O–H groups in total. The Kier molecular flexibility index (Phi) is 6.80. The summed E-state index contributed by atoms with van der Waals surface area (Å²) in [5.41, 5.74) is -0.217. The van der Waals surface area contributed by atoms with E-state index in [1.807, 2.05) is 0 Å². The van der Waals surface area contributed by atoms with Gasteiger partial charge in [0.2, 0.25) is 0 Å². The molecule has 1 heterocycles. The summed E-state index contributed by atoms with van der Waals surface area (Å²) >= 11 is 3.08. The van der Waals surface area contributed by atoms with Crippen LogP contribution in [0.2, 0.25) is 0 Å². The number of non-ortho nitro benzene ring substituents is 1. The highest BCUT2D eigenvalue weighted by Crippen LogP contribution is 2.18. The maximum Gasteiger partial charge on any atom is 0.291 e. The molecule has 3 rings (SSSR count). The Hall–Kier alpha value is -4.25. The van der Waals surface area contributed by atoms with Gasteiger partial charge in [-0.05, 0) is 57.4 Å². The van der Waals surface area contributed by atoms with Gasteiger partial charge in [-0.15, -0.1) is 0 Å². The van der Waals surface area contributed by atoms with Crippen LogP contribution in [0.15, 0.2) is 75.4 Å². The van der Waals surface area contributed by atoms with Gasteiger partial charge < -0.3 is 25.0 Å². The van der Waals surface area contributed by atoms with Gasteiger partial charge in [0.1, 0.15) is 5.70 Å². The Balaban J connectivity index is 1.93. The summed E-state index contributed by atoms with van der Waals surface area (Å²) in [7, 11) is 0. The van der Waals surface area contributed by atoms with Crippen molar-refractivity contribution in [3.63, 3.8) is 0 Å². The largest absolute Gasteiger partial charge is 0.545 e. The normalized spacial score (nSPS) is 11.0. The molecule has 10 nitrogen and oxygen atoms in total. The summed E-state index contributed by atoms with van der Waals surface area (Å²) in [5.74, 6) is -3.06. The molecule has 2 amide bonds. The number of rotatable bonds is 7. The average molecular weight is 499 g/mol. The minimum absolute atomic E-state index is 0.0893. The zero-order valence-electron chi connectivity index (χ0n) is 16.0. The van der Waals surface area contributed by atoms with Crippen LogP contribution in [-0.2, 0) is 4.79 Å². The lowest BCUT2D eigenvalue weighted by Gasteiger charge is -2.12. The molecule has 0 spiro atoms. The topological polar surface area (TPSA) is 155 Å². The van der Waals surface area contributed by atoms with Crippen molar-refractivity contribution in [1.82, 2.24) is 5.32 Å². The fraction of sp³-hybridized carbons (Fsp3) is 0. The lowest BCUT2D eigenvalue weighted by molar-refractivity contribution is -0.384. The lowest BCUT2D eigenvalue weighted by atomic mass is 10.1. The van der Waals surface area contributed by atoms with Crippen molar-refractivity contribution in [3.05, 3.63) is 98.0 Å². The molecule has 0 unspecified atom stereocenters. The number of nitro groups is 1. The Morgan fingerprint density at radius 2 is 1.78 bits per heavy atom. The number of nitro benzene ring substituents is 1. The third kappa shape index (κ3) is 5.67. The summed E-state index contributed by atoms with van der Waals surface area (Å²) in [5, 5.41) is 26.9. The molecule has 0 radical (unpaired) electrons. The molecular weight excluding hydrogens is 486 g/mol. The summed E-state index contributed by atoms with van der Waals surface area (Å²) in [6.45, 7) is 0. The monoisotopic (exact) mass is 498 g/mol. The van der Waals surface area contributed by atoms with E-state index in [1.54, 1.807) is 0 Å². The minimum atomic E-state index is -1.43. The quantitative estimate of drug-likeness (QED) is 0.288. The number of halogens is 1. The first kappa shape index (κ1) is 22.4. The Morgan fingerprint density at radius 3 is 2.44 bits per heavy atom. The van der Waals surface area contributed by atoms with Crippen molar-refractivity contribution in [3.8, 4) is 0 Å². The number of benzene rings is 2. The van der Waals surface area contributed by atoms with Gasteiger partial charge in [0.05, 0.1) is 10.9 Å². The zero-order chi connectivity index (χ0) is 23.3. The molecular formula is C21H13BrN3O7-. The average Bonchev–Trinajstić information content (AvgIpc) is 3.20. The molecule has 1 aromatic heterocycles. The van der Waals surface area contributed by atoms with Crippen LogP contribution in [0.1, 0.15) is 26.5 Å². The number of amides is 2. The number of carbonyl (C=O) groups is 3. The molecule has 11 heteroatoms. The number of carbonyl (C=O) groups excluding carboxylic acids is 3. The third-order valence-electron chi connectivity index (χ3n) is 4.04. The van der Waals surface area contributed by atoms with Gasteiger partial charge in [0.15, 0.2) is 10.4 Å². The van der Waals surface area contributed by atoms with Crippen molar-refractivity contribution >= 4 is 51.2 Å². The van der Waals surface area contributed by atoms with Crippen molar-refractivity contribution in [2.75, 3.05) is 5.32 Å². The van der Waals surface area contributed by atoms with Gasteiger partial charge in [-0.25, -0.2) is 0 Å². The minimum Gasteiger partial charge on any atom is -0.545 e. The number of carboxylic acid groups (broad SMARTS) is 1. The molecule has 0 atom stereocenters. The number of nitrogens with one attached hydrogen (secondary N) is 2. The standard InChI is InChI=1S/C21H14BrN3O7/c22-18-8-7-17(32-18)20(27)24-16(10-12-3-1-6-15(9-12)25(30)31)19(26)23-14-5-2-4-13(11-14)21(28)29/h1-11H,(H,23,26)(H,24,27)(H,28,29)/p-1/b16-10-. The molecule has 0 fully saturated rings. The molecule has 0 saturated heterocycles. The molecule has 2 aromatic carbocycles. The first-order valence-corrected chi connectivity index (χ1v) is 9.68. The van der Waals surface area contributed by atoms with Crippen LogP contribution in [0.5, 0.6) is 0 Å². The first-order valence-electron chi connectivity index (χ1n) is 8.88. The zero-order valence-corrected chi connectivity index (χ0v) is 17.6. The van der Waals surface area contributed by atoms with E-state index in [1.165, 1.54) is 66.7 Å². The highest BCUT2D eigenvalue weighted by atomic mass is 79.9. The van der Waals surface area contributed by atoms with E-state index in [9.17, 15) is 29.6 Å². The van der Waals surface area contributed by atoms with Gasteiger partial charge in [0, 0.05) is 17.8 Å². The SMILES string of the molecule is O=C(Nc1cccc(C(=O)[O-])c1)/C(=C/c1cccc([N+](=O)[O-])c1)NC(=O)c1ccc(Br)o1. The second kappa shape index (κ2) is 9.71. The van der Waals surface area contributed by atoms with Crippen molar-refractivity contribution in [2.45, 2.75) is 0 Å². The van der Waals surface area contributed by atoms with E-state index in [-0.39, 0.29) is 34.0 Å². The fourth-order valence-electron chi connectivity index (χ4n) is 2.60. The number of hydrogen-bond donors (Lipinski definition) is 2. The first-order chi connectivity index (χ1) is 15.2. The second-order valence-electron chi connectivity index (χ2n) is 6.29. The van der Waals surface area contributed by atoms with Gasteiger partial charge in [-0.1, -0.05) is 24.3 Å². The molecule has 0 aliphatic rings. The van der Waals surface area contributed by atoms with Gasteiger partial charge in [-0.2, -0.15) is 0 Å². The lowest BCUT2D eigenvalue weighted by Crippen LogP contribution is -2.30. The number of nitrogens with zero attached hydrogens (tertiary/aromatic N) is 1. The van der Waals surface area contributed by atoms with E-state index < -0.39 is 22.7 Å². The summed E-state index contributed by atoms with van der Waals surface area (Å²) in [6.07, 6.45) is 1.24. The number of hydrogen-bond acceptors (Lipinski definition) is 7. The number of furan rings is 1. The van der Waals surface area contributed by atoms with Crippen molar-refractivity contribution < 1.29 is 28.8 Å². The molecule has 0 saturated carbocycles. The Morgan fingerprint density at radius 1 is 1.03 bits per heavy atom. The van der Waals surface area contributed by atoms with Crippen molar-refractivity contribution in [1.29, 1.82) is 0 Å². The van der Waals surface area contributed by atoms with Gasteiger partial charge in [0.25, 0.3) is 17.5 Å². The number of carboxylic acids is 1. The summed E-state index contributed by atoms with van der Waals surface area (Å²) in [6, 6.07) is 13.6. The van der Waals surface area contributed by atoms with Gasteiger partial charge >= 0.3 is 0 Å². The fourth-order valence-corrected chi connectivity index (χ4v) is 2.90. The summed E-state index contributed by atoms with van der Waals surface area (Å²) < 4.78 is 5.47. The molecule has 3 aromatic rings. The van der Waals surface area contributed by atoms with E-state index in [2.05, 4.69) is 26.6 Å². The number of anilines is 1. The number of aromatic carboxylic acids is 1. The molecule has 0 aliphatic carbocycles. The van der Waals surface area contributed by atoms with Crippen LogP contribution in [0, 0.1) is 10.1 Å². The maximum absolute atomic E-state index is 12.9. The molecule has 0 bridgehead atoms. The van der Waals surface area contributed by atoms with Crippen molar-refractivity contribution in [2.24, 2.45) is 0 Å². The molecule has 162 valence electrons. The maximum atomic E-state index is 12.9. The van der Waals surface area contributed by atoms with E-state index in [0.717, 1.165) is 0 Å². The van der Waals surface area contributed by atoms with Crippen LogP contribution < -0.4 is 15.7 Å². The third-order valence-corrected chi connectivity index (χ3v) is 4.46. The molecule has 32 heavy (non-hydrogen) atoms. The predicted molar refractivity (Wildman–Crippen MR) is 114 cm³/mol. The van der Waals surface area contributed by atoms with Crippen LogP contribution >= 0.6 is 15.9 Å². The van der Waals surface area contributed by atoms with E-state index in [0.29, 0.717) is 4.67 Å². The van der Waals surface area contributed by atoms with Crippen LogP contribution in [0.4, 0.5) is 11.4 Å². The Labute approximate surface area is 188 Å². The highest BCUT2D eigenvalue weighted by Gasteiger charge is 2.18.